The van der Waals surface area contributed by atoms with Gasteiger partial charge in [-0.3, -0.25) is 4.40 Å². The predicted octanol–water partition coefficient (Wildman–Crippen LogP) is 3.93. The van der Waals surface area contributed by atoms with Crippen molar-refractivity contribution in [1.82, 2.24) is 9.38 Å². The molecule has 0 N–H and O–H groups in total. The lowest BCUT2D eigenvalue weighted by molar-refractivity contribution is 0.0600. The molecule has 2 aromatic heterocycles. The molecule has 2 aromatic carbocycles. The van der Waals surface area contributed by atoms with Crippen molar-refractivity contribution < 1.29 is 9.53 Å². The molecule has 4 nitrogen and oxygen atoms in total. The Morgan fingerprint density at radius 1 is 1.17 bits per heavy atom. The molecular weight excluding hydrogens is 308 g/mol. The van der Waals surface area contributed by atoms with E-state index in [2.05, 4.69) is 22.7 Å². The summed E-state index contributed by atoms with van der Waals surface area (Å²) in [6.45, 7) is 0. The van der Waals surface area contributed by atoms with Crippen molar-refractivity contribution in [3.63, 3.8) is 0 Å². The Hall–Kier alpha value is -2.66. The van der Waals surface area contributed by atoms with Gasteiger partial charge in [-0.15, -0.1) is 0 Å². The molecule has 0 fully saturated rings. The lowest BCUT2D eigenvalue weighted by atomic mass is 10.1. The van der Waals surface area contributed by atoms with Crippen LogP contribution < -0.4 is 0 Å². The third kappa shape index (κ3) is 2.49. The van der Waals surface area contributed by atoms with Gasteiger partial charge in [-0.1, -0.05) is 35.6 Å². The van der Waals surface area contributed by atoms with Crippen molar-refractivity contribution in [3.8, 4) is 0 Å². The molecule has 114 valence electrons. The van der Waals surface area contributed by atoms with Crippen LogP contribution in [-0.4, -0.2) is 22.5 Å². The first-order chi connectivity index (χ1) is 11.2. The van der Waals surface area contributed by atoms with Crippen LogP contribution in [-0.2, 0) is 11.2 Å². The number of hydrogen-bond acceptors (Lipinski definition) is 4. The zero-order valence-electron chi connectivity index (χ0n) is 12.5. The second kappa shape index (κ2) is 5.52. The Morgan fingerprint density at radius 3 is 2.74 bits per heavy atom. The third-order valence-corrected chi connectivity index (χ3v) is 4.85. The van der Waals surface area contributed by atoms with Crippen molar-refractivity contribution in [3.05, 3.63) is 71.5 Å². The second-order valence-electron chi connectivity index (χ2n) is 5.32. The van der Waals surface area contributed by atoms with E-state index < -0.39 is 0 Å². The van der Waals surface area contributed by atoms with Gasteiger partial charge in [-0.25, -0.2) is 9.78 Å². The number of carbonyl (C=O) groups is 1. The van der Waals surface area contributed by atoms with Gasteiger partial charge in [0.15, 0.2) is 4.96 Å². The van der Waals surface area contributed by atoms with Crippen LogP contribution in [0.25, 0.3) is 15.2 Å². The molecule has 0 atom stereocenters. The average Bonchev–Trinajstić information content (AvgIpc) is 3.12. The van der Waals surface area contributed by atoms with E-state index in [1.54, 1.807) is 23.5 Å². The van der Waals surface area contributed by atoms with Gasteiger partial charge in [-0.05, 0) is 29.8 Å². The molecule has 0 bridgehead atoms. The smallest absolute Gasteiger partial charge is 0.337 e. The summed E-state index contributed by atoms with van der Waals surface area (Å²) in [6, 6.07) is 15.8. The number of benzene rings is 2. The standard InChI is InChI=1S/C18H14N2O2S/c1-22-17(21)13-8-6-12(7-9-13)10-14-11-20-15-4-2-3-5-16(15)23-18(20)19-14/h2-9,11H,10H2,1H3. The van der Waals surface area contributed by atoms with E-state index in [0.29, 0.717) is 5.56 Å². The Morgan fingerprint density at radius 2 is 1.96 bits per heavy atom. The van der Waals surface area contributed by atoms with Crippen molar-refractivity contribution in [2.24, 2.45) is 0 Å². The Balaban J connectivity index is 1.63. The number of thiazole rings is 1. The molecule has 0 saturated carbocycles. The largest absolute Gasteiger partial charge is 0.465 e. The molecular formula is C18H14N2O2S. The van der Waals surface area contributed by atoms with Crippen LogP contribution in [0, 0.1) is 0 Å². The van der Waals surface area contributed by atoms with E-state index in [9.17, 15) is 4.79 Å². The summed E-state index contributed by atoms with van der Waals surface area (Å²) in [5.41, 5.74) is 3.89. The number of aromatic nitrogens is 2. The third-order valence-electron chi connectivity index (χ3n) is 3.81. The number of nitrogens with zero attached hydrogens (tertiary/aromatic N) is 2. The first-order valence-corrected chi connectivity index (χ1v) is 8.09. The van der Waals surface area contributed by atoms with Crippen LogP contribution >= 0.6 is 11.3 Å². The normalized spacial score (nSPS) is 11.2. The Labute approximate surface area is 137 Å². The molecule has 4 rings (SSSR count). The SMILES string of the molecule is COC(=O)c1ccc(Cc2cn3c(n2)sc2ccccc23)cc1. The number of esters is 1. The van der Waals surface area contributed by atoms with Gasteiger partial charge in [-0.2, -0.15) is 0 Å². The van der Waals surface area contributed by atoms with Gasteiger partial charge in [0.05, 0.1) is 28.6 Å². The molecule has 0 saturated heterocycles. The number of methoxy groups -OCH3 is 1. The second-order valence-corrected chi connectivity index (χ2v) is 6.33. The summed E-state index contributed by atoms with van der Waals surface area (Å²) >= 11 is 1.69. The highest BCUT2D eigenvalue weighted by atomic mass is 32.1. The van der Waals surface area contributed by atoms with Gasteiger partial charge in [0, 0.05) is 12.6 Å². The van der Waals surface area contributed by atoms with E-state index in [0.717, 1.165) is 22.6 Å². The number of ether oxygens (including phenoxy) is 1. The van der Waals surface area contributed by atoms with Gasteiger partial charge in [0.1, 0.15) is 0 Å². The lowest BCUT2D eigenvalue weighted by Gasteiger charge is -2.01. The van der Waals surface area contributed by atoms with E-state index >= 15 is 0 Å². The molecule has 2 heterocycles. The number of hydrogen-bond donors (Lipinski definition) is 0. The molecule has 0 unspecified atom stereocenters. The van der Waals surface area contributed by atoms with Crippen LogP contribution in [0.5, 0.6) is 0 Å². The van der Waals surface area contributed by atoms with E-state index in [4.69, 9.17) is 9.72 Å². The maximum absolute atomic E-state index is 11.5. The monoisotopic (exact) mass is 322 g/mol. The maximum Gasteiger partial charge on any atom is 0.337 e. The average molecular weight is 322 g/mol. The molecule has 4 aromatic rings. The highest BCUT2D eigenvalue weighted by Gasteiger charge is 2.09. The number of imidazole rings is 1. The summed E-state index contributed by atoms with van der Waals surface area (Å²) in [6.07, 6.45) is 2.83. The van der Waals surface area contributed by atoms with Gasteiger partial charge in [0.25, 0.3) is 0 Å². The molecule has 23 heavy (non-hydrogen) atoms. The molecule has 0 spiro atoms. The van der Waals surface area contributed by atoms with Crippen LogP contribution in [0.4, 0.5) is 0 Å². The van der Waals surface area contributed by atoms with Crippen molar-refractivity contribution >= 4 is 32.5 Å². The molecule has 5 heteroatoms. The summed E-state index contributed by atoms with van der Waals surface area (Å²) in [5.74, 6) is -0.314. The minimum absolute atomic E-state index is 0.314. The topological polar surface area (TPSA) is 43.6 Å². The summed E-state index contributed by atoms with van der Waals surface area (Å²) in [7, 11) is 1.39. The highest BCUT2D eigenvalue weighted by Crippen LogP contribution is 2.26. The molecule has 0 aliphatic heterocycles. The Bertz CT molecular complexity index is 999. The van der Waals surface area contributed by atoms with Crippen LogP contribution in [0.15, 0.2) is 54.7 Å². The van der Waals surface area contributed by atoms with Crippen molar-refractivity contribution in [1.29, 1.82) is 0 Å². The van der Waals surface area contributed by atoms with Crippen LogP contribution in [0.2, 0.25) is 0 Å². The number of fused-ring (bicyclic) bond motifs is 3. The van der Waals surface area contributed by atoms with Crippen molar-refractivity contribution in [2.75, 3.05) is 7.11 Å². The summed E-state index contributed by atoms with van der Waals surface area (Å²) < 4.78 is 8.09. The van der Waals surface area contributed by atoms with E-state index in [1.165, 1.54) is 17.3 Å². The van der Waals surface area contributed by atoms with Gasteiger partial charge >= 0.3 is 5.97 Å². The van der Waals surface area contributed by atoms with E-state index in [1.807, 2.05) is 24.3 Å². The van der Waals surface area contributed by atoms with Crippen LogP contribution in [0.1, 0.15) is 21.6 Å². The number of rotatable bonds is 3. The molecule has 0 aliphatic carbocycles. The molecule has 0 radical (unpaired) electrons. The van der Waals surface area contributed by atoms with E-state index in [-0.39, 0.29) is 5.97 Å². The number of para-hydroxylation sites is 1. The molecule has 0 amide bonds. The predicted molar refractivity (Wildman–Crippen MR) is 91.2 cm³/mol. The Kier molecular flexibility index (Phi) is 3.35. The molecule has 0 aliphatic rings. The zero-order chi connectivity index (χ0) is 15.8. The fraction of sp³-hybridized carbons (Fsp3) is 0.111. The lowest BCUT2D eigenvalue weighted by Crippen LogP contribution is -2.01. The first-order valence-electron chi connectivity index (χ1n) is 7.27. The van der Waals surface area contributed by atoms with Crippen molar-refractivity contribution in [2.45, 2.75) is 6.42 Å². The summed E-state index contributed by atoms with van der Waals surface area (Å²) in [4.78, 5) is 17.2. The number of carbonyl (C=O) groups excluding carboxylic acids is 1. The minimum atomic E-state index is -0.314. The fourth-order valence-electron chi connectivity index (χ4n) is 2.67. The maximum atomic E-state index is 11.5. The zero-order valence-corrected chi connectivity index (χ0v) is 13.3. The summed E-state index contributed by atoms with van der Waals surface area (Å²) in [5, 5.41) is 0. The fourth-order valence-corrected chi connectivity index (χ4v) is 3.69. The van der Waals surface area contributed by atoms with Crippen LogP contribution in [0.3, 0.4) is 0 Å². The minimum Gasteiger partial charge on any atom is -0.465 e. The van der Waals surface area contributed by atoms with Gasteiger partial charge < -0.3 is 4.74 Å². The van der Waals surface area contributed by atoms with Gasteiger partial charge in [0.2, 0.25) is 0 Å². The first kappa shape index (κ1) is 14.0. The highest BCUT2D eigenvalue weighted by molar-refractivity contribution is 7.23. The quantitative estimate of drug-likeness (QED) is 0.537.